The van der Waals surface area contributed by atoms with E-state index in [2.05, 4.69) is 0 Å². The molecule has 1 aromatic heterocycles. The molecule has 0 spiro atoms. The lowest BCUT2D eigenvalue weighted by Crippen LogP contribution is -2.17. The summed E-state index contributed by atoms with van der Waals surface area (Å²) < 4.78 is 13.9. The second-order valence-corrected chi connectivity index (χ2v) is 11.5. The third-order valence-electron chi connectivity index (χ3n) is 5.75. The number of carboxylic acid groups (broad SMARTS) is 1. The molecule has 2 aromatic carbocycles. The number of carbonyl (C=O) groups is 2. The van der Waals surface area contributed by atoms with Crippen molar-refractivity contribution in [3.8, 4) is 22.4 Å². The van der Waals surface area contributed by atoms with E-state index in [9.17, 15) is 23.8 Å². The summed E-state index contributed by atoms with van der Waals surface area (Å²) in [6.07, 6.45) is -1.18. The lowest BCUT2D eigenvalue weighted by Gasteiger charge is -2.21. The predicted octanol–water partition coefficient (Wildman–Crippen LogP) is 5.41. The minimum absolute atomic E-state index is 0.00641. The Hall–Kier alpha value is -2.99. The maximum absolute atomic E-state index is 13.9. The molecule has 8 heteroatoms. The lowest BCUT2D eigenvalue weighted by molar-refractivity contribution is -0.139. The van der Waals surface area contributed by atoms with Gasteiger partial charge in [-0.05, 0) is 53.3 Å². The molecule has 3 rings (SSSR count). The predicted molar refractivity (Wildman–Crippen MR) is 136 cm³/mol. The van der Waals surface area contributed by atoms with Gasteiger partial charge < -0.3 is 5.11 Å². The van der Waals surface area contributed by atoms with E-state index in [0.717, 1.165) is 39.2 Å². The number of Topliss-reactive ketones (excluding diaryl/α,β-unsaturated/α-hetero) is 1. The highest BCUT2D eigenvalue weighted by Crippen LogP contribution is 2.51. The molecule has 0 saturated carbocycles. The van der Waals surface area contributed by atoms with Crippen LogP contribution < -0.4 is 0 Å². The van der Waals surface area contributed by atoms with Crippen LogP contribution in [-0.2, 0) is 16.0 Å². The topological polar surface area (TPSA) is 108 Å². The zero-order valence-electron chi connectivity index (χ0n) is 20.0. The lowest BCUT2D eigenvalue weighted by atomic mass is 9.89. The number of ketones is 1. The van der Waals surface area contributed by atoms with Gasteiger partial charge in [0.05, 0.1) is 5.69 Å². The second-order valence-electron chi connectivity index (χ2n) is 9.02. The van der Waals surface area contributed by atoms with Crippen molar-refractivity contribution in [2.75, 3.05) is 12.3 Å². The number of pyridine rings is 1. The number of aromatic nitrogens is 1. The molecule has 0 aliphatic rings. The van der Waals surface area contributed by atoms with Crippen molar-refractivity contribution < 1.29 is 28.9 Å². The molecule has 0 fully saturated rings. The van der Waals surface area contributed by atoms with Crippen LogP contribution in [0.25, 0.3) is 22.4 Å². The van der Waals surface area contributed by atoms with Crippen molar-refractivity contribution in [1.29, 1.82) is 0 Å². The van der Waals surface area contributed by atoms with Crippen LogP contribution in [0.2, 0.25) is 0 Å². The van der Waals surface area contributed by atoms with E-state index in [-0.39, 0.29) is 24.3 Å². The number of hydrogen-bond donors (Lipinski definition) is 3. The fraction of sp³-hybridized carbons (Fsp3) is 0.296. The number of rotatable bonds is 10. The van der Waals surface area contributed by atoms with E-state index in [1.165, 1.54) is 12.1 Å². The molecule has 0 amide bonds. The van der Waals surface area contributed by atoms with Crippen LogP contribution in [0, 0.1) is 12.7 Å². The summed E-state index contributed by atoms with van der Waals surface area (Å²) in [7, 11) is -3.67. The summed E-state index contributed by atoms with van der Waals surface area (Å²) in [5.74, 6) is -2.35. The first kappa shape index (κ1) is 26.6. The van der Waals surface area contributed by atoms with Gasteiger partial charge in [-0.1, -0.05) is 50.2 Å². The summed E-state index contributed by atoms with van der Waals surface area (Å²) in [5.41, 5.74) is 5.61. The summed E-state index contributed by atoms with van der Waals surface area (Å²) in [6, 6.07) is 16.2. The Kier molecular flexibility index (Phi) is 8.49. The van der Waals surface area contributed by atoms with E-state index < -0.39 is 32.1 Å². The molecule has 184 valence electrons. The minimum Gasteiger partial charge on any atom is -0.481 e. The Morgan fingerprint density at radius 1 is 1.03 bits per heavy atom. The first-order valence-corrected chi connectivity index (χ1v) is 13.4. The van der Waals surface area contributed by atoms with Crippen molar-refractivity contribution in [3.63, 3.8) is 0 Å². The second kappa shape index (κ2) is 11.2. The normalized spacial score (nSPS) is 11.6. The standard InChI is InChI=1S/C27H29FNO5P/c1-17(2)27-23(11-12-35(33,34)16-21(30)14-26(31)32)24(22-10-9-20(28)13-18(22)3)15-25(29-27)19-7-5-4-6-8-19/h4-10,13,15,17,33-34H,11-12,14,16H2,1-3H3/p+1. The number of carboxylic acids is 1. The largest absolute Gasteiger partial charge is 0.481 e. The van der Waals surface area contributed by atoms with Gasteiger partial charge in [0.2, 0.25) is 0 Å². The molecule has 35 heavy (non-hydrogen) atoms. The van der Waals surface area contributed by atoms with Crippen LogP contribution in [0.15, 0.2) is 54.6 Å². The Morgan fingerprint density at radius 2 is 1.71 bits per heavy atom. The minimum atomic E-state index is -3.67. The summed E-state index contributed by atoms with van der Waals surface area (Å²) in [5, 5.41) is 8.81. The summed E-state index contributed by atoms with van der Waals surface area (Å²) in [6.45, 7) is 5.82. The van der Waals surface area contributed by atoms with Gasteiger partial charge in [-0.3, -0.25) is 14.6 Å². The summed E-state index contributed by atoms with van der Waals surface area (Å²) >= 11 is 0. The Balaban J connectivity index is 2.09. The zero-order valence-corrected chi connectivity index (χ0v) is 20.9. The number of carbonyl (C=O) groups excluding carboxylic acids is 1. The molecule has 0 radical (unpaired) electrons. The number of benzene rings is 2. The molecule has 1 heterocycles. The highest BCUT2D eigenvalue weighted by molar-refractivity contribution is 7.65. The quantitative estimate of drug-likeness (QED) is 0.255. The van der Waals surface area contributed by atoms with Gasteiger partial charge in [-0.2, -0.15) is 0 Å². The van der Waals surface area contributed by atoms with Gasteiger partial charge in [0.15, 0.2) is 11.9 Å². The van der Waals surface area contributed by atoms with E-state index in [1.807, 2.05) is 57.2 Å². The van der Waals surface area contributed by atoms with E-state index >= 15 is 0 Å². The Labute approximate surface area is 205 Å². The van der Waals surface area contributed by atoms with E-state index in [0.29, 0.717) is 0 Å². The highest BCUT2D eigenvalue weighted by Gasteiger charge is 2.37. The third-order valence-corrected chi connectivity index (χ3v) is 7.55. The first-order valence-electron chi connectivity index (χ1n) is 11.4. The number of aryl methyl sites for hydroxylation is 1. The fourth-order valence-electron chi connectivity index (χ4n) is 4.13. The highest BCUT2D eigenvalue weighted by atomic mass is 31.2. The number of hydrogen-bond acceptors (Lipinski definition) is 5. The van der Waals surface area contributed by atoms with Crippen LogP contribution in [0.5, 0.6) is 0 Å². The zero-order chi connectivity index (χ0) is 25.8. The van der Waals surface area contributed by atoms with E-state index in [4.69, 9.17) is 10.1 Å². The molecule has 0 aliphatic heterocycles. The maximum atomic E-state index is 13.9. The van der Waals surface area contributed by atoms with Crippen LogP contribution in [0.1, 0.15) is 43.0 Å². The Morgan fingerprint density at radius 3 is 2.31 bits per heavy atom. The molecule has 0 bridgehead atoms. The van der Waals surface area contributed by atoms with Gasteiger partial charge >= 0.3 is 5.97 Å². The van der Waals surface area contributed by atoms with Gasteiger partial charge in [0, 0.05) is 17.7 Å². The average Bonchev–Trinajstić information content (AvgIpc) is 2.77. The molecule has 0 aliphatic carbocycles. The number of halogens is 1. The van der Waals surface area contributed by atoms with Gasteiger partial charge in [-0.25, -0.2) is 14.2 Å². The fourth-order valence-corrected chi connectivity index (χ4v) is 5.55. The summed E-state index contributed by atoms with van der Waals surface area (Å²) in [4.78, 5) is 48.7. The molecule has 0 saturated heterocycles. The molecule has 6 nitrogen and oxygen atoms in total. The monoisotopic (exact) mass is 498 g/mol. The Bertz CT molecular complexity index is 1230. The van der Waals surface area contributed by atoms with Crippen molar-refractivity contribution >= 4 is 19.5 Å². The van der Waals surface area contributed by atoms with Gasteiger partial charge in [0.25, 0.3) is 7.72 Å². The molecule has 0 atom stereocenters. The van der Waals surface area contributed by atoms with Crippen molar-refractivity contribution in [2.24, 2.45) is 0 Å². The smallest absolute Gasteiger partial charge is 0.311 e. The first-order chi connectivity index (χ1) is 16.5. The number of nitrogens with zero attached hydrogens (tertiary/aromatic N) is 1. The van der Waals surface area contributed by atoms with Crippen molar-refractivity contribution in [1.82, 2.24) is 4.98 Å². The molecular formula is C27H30FNO5P+. The SMILES string of the molecule is Cc1cc(F)ccc1-c1cc(-c2ccccc2)nc(C(C)C)c1CC[P+](O)(O)CC(=O)CC(=O)O. The maximum Gasteiger partial charge on any atom is 0.311 e. The molecular weight excluding hydrogens is 468 g/mol. The van der Waals surface area contributed by atoms with Gasteiger partial charge in [-0.15, -0.1) is 0 Å². The average molecular weight is 499 g/mol. The van der Waals surface area contributed by atoms with Crippen molar-refractivity contribution in [3.05, 3.63) is 77.2 Å². The number of aliphatic carboxylic acids is 1. The van der Waals surface area contributed by atoms with Crippen molar-refractivity contribution in [2.45, 2.75) is 39.5 Å². The third kappa shape index (κ3) is 7.01. The van der Waals surface area contributed by atoms with Crippen LogP contribution in [0.3, 0.4) is 0 Å². The molecule has 3 aromatic rings. The molecule has 0 unspecified atom stereocenters. The molecule has 3 N–H and O–H groups in total. The van der Waals surface area contributed by atoms with Crippen LogP contribution >= 0.6 is 7.72 Å². The van der Waals surface area contributed by atoms with Gasteiger partial charge in [0.1, 0.15) is 18.4 Å². The van der Waals surface area contributed by atoms with Crippen LogP contribution in [0.4, 0.5) is 4.39 Å². The van der Waals surface area contributed by atoms with E-state index in [1.54, 1.807) is 6.07 Å². The van der Waals surface area contributed by atoms with Crippen LogP contribution in [-0.4, -0.2) is 44.0 Å².